The third kappa shape index (κ3) is 3.25. The van der Waals surface area contributed by atoms with Crippen molar-refractivity contribution in [2.45, 2.75) is 45.6 Å². The van der Waals surface area contributed by atoms with Gasteiger partial charge in [-0.3, -0.25) is 9.59 Å². The van der Waals surface area contributed by atoms with Crippen molar-refractivity contribution in [1.82, 2.24) is 0 Å². The van der Waals surface area contributed by atoms with Crippen molar-refractivity contribution in [3.05, 3.63) is 18.2 Å². The highest BCUT2D eigenvalue weighted by atomic mass is 16.5. The van der Waals surface area contributed by atoms with Gasteiger partial charge in [0.25, 0.3) is 5.91 Å². The van der Waals surface area contributed by atoms with Gasteiger partial charge in [0.15, 0.2) is 5.60 Å². The van der Waals surface area contributed by atoms with Crippen molar-refractivity contribution >= 4 is 17.6 Å². The van der Waals surface area contributed by atoms with Gasteiger partial charge in [-0.15, -0.1) is 0 Å². The Kier molecular flexibility index (Phi) is 5.13. The Balaban J connectivity index is 2.34. The fourth-order valence-corrected chi connectivity index (χ4v) is 2.77. The highest BCUT2D eigenvalue weighted by Crippen LogP contribution is 2.42. The monoisotopic (exact) mass is 321 g/mol. The number of ether oxygens (including phenoxy) is 2. The third-order valence-corrected chi connectivity index (χ3v) is 4.16. The molecule has 23 heavy (non-hydrogen) atoms. The van der Waals surface area contributed by atoms with E-state index in [-0.39, 0.29) is 30.6 Å². The predicted octanol–water partition coefficient (Wildman–Crippen LogP) is 2.63. The molecule has 0 atom stereocenters. The number of benzene rings is 1. The molecule has 0 saturated heterocycles. The maximum absolute atomic E-state index is 12.9. The Morgan fingerprint density at radius 3 is 2.61 bits per heavy atom. The quantitative estimate of drug-likeness (QED) is 0.815. The predicted molar refractivity (Wildman–Crippen MR) is 85.7 cm³/mol. The van der Waals surface area contributed by atoms with Crippen LogP contribution in [-0.2, 0) is 14.3 Å². The van der Waals surface area contributed by atoms with E-state index in [0.29, 0.717) is 30.9 Å². The van der Waals surface area contributed by atoms with E-state index in [2.05, 4.69) is 0 Å². The number of carbonyl (C=O) groups excluding carboxylic acids is 2. The van der Waals surface area contributed by atoms with Crippen LogP contribution in [0.3, 0.4) is 0 Å². The number of anilines is 1. The molecule has 0 saturated carbocycles. The van der Waals surface area contributed by atoms with Crippen LogP contribution in [0.25, 0.3) is 0 Å². The van der Waals surface area contributed by atoms with Crippen LogP contribution < -0.4 is 9.64 Å². The lowest BCUT2D eigenvalue weighted by Gasteiger charge is -2.41. The first-order valence-electron chi connectivity index (χ1n) is 7.97. The molecule has 6 nitrogen and oxygen atoms in total. The number of hydrogen-bond acceptors (Lipinski definition) is 5. The largest absolute Gasteiger partial charge is 0.508 e. The summed E-state index contributed by atoms with van der Waals surface area (Å²) in [4.78, 5) is 26.1. The summed E-state index contributed by atoms with van der Waals surface area (Å²) in [6.07, 6.45) is 1.13. The highest BCUT2D eigenvalue weighted by molar-refractivity contribution is 6.03. The highest BCUT2D eigenvalue weighted by Gasteiger charge is 2.45. The smallest absolute Gasteiger partial charge is 0.307 e. The molecule has 1 aromatic carbocycles. The van der Waals surface area contributed by atoms with E-state index in [9.17, 15) is 14.7 Å². The van der Waals surface area contributed by atoms with E-state index in [1.165, 1.54) is 12.1 Å². The molecular formula is C17H23NO5. The first kappa shape index (κ1) is 17.1. The van der Waals surface area contributed by atoms with Gasteiger partial charge in [-0.1, -0.05) is 13.8 Å². The first-order chi connectivity index (χ1) is 11.0. The van der Waals surface area contributed by atoms with Crippen molar-refractivity contribution in [3.63, 3.8) is 0 Å². The lowest BCUT2D eigenvalue weighted by Crippen LogP contribution is -2.56. The number of fused-ring (bicyclic) bond motifs is 1. The summed E-state index contributed by atoms with van der Waals surface area (Å²) < 4.78 is 10.9. The van der Waals surface area contributed by atoms with Gasteiger partial charge in [-0.25, -0.2) is 0 Å². The average Bonchev–Trinajstić information content (AvgIpc) is 2.54. The minimum Gasteiger partial charge on any atom is -0.508 e. The molecule has 0 radical (unpaired) electrons. The molecule has 0 aromatic heterocycles. The Bertz CT molecular complexity index is 595. The summed E-state index contributed by atoms with van der Waals surface area (Å²) in [6, 6.07) is 4.62. The summed E-state index contributed by atoms with van der Waals surface area (Å²) in [5.74, 6) is 0.0254. The summed E-state index contributed by atoms with van der Waals surface area (Å²) in [7, 11) is 0. The van der Waals surface area contributed by atoms with Crippen LogP contribution in [0.1, 0.15) is 40.0 Å². The minimum atomic E-state index is -0.963. The van der Waals surface area contributed by atoms with Crippen molar-refractivity contribution in [1.29, 1.82) is 0 Å². The van der Waals surface area contributed by atoms with Gasteiger partial charge in [0, 0.05) is 12.6 Å². The van der Waals surface area contributed by atoms with E-state index in [1.807, 2.05) is 13.8 Å². The summed E-state index contributed by atoms with van der Waals surface area (Å²) >= 11 is 0. The number of carbonyl (C=O) groups is 2. The molecule has 0 spiro atoms. The van der Waals surface area contributed by atoms with Gasteiger partial charge in [-0.05, 0) is 31.9 Å². The molecule has 0 unspecified atom stereocenters. The number of aromatic hydroxyl groups is 1. The van der Waals surface area contributed by atoms with Crippen LogP contribution >= 0.6 is 0 Å². The second-order valence-corrected chi connectivity index (χ2v) is 5.47. The molecule has 1 amide bonds. The Morgan fingerprint density at radius 2 is 2.00 bits per heavy atom. The Morgan fingerprint density at radius 1 is 1.30 bits per heavy atom. The van der Waals surface area contributed by atoms with Crippen molar-refractivity contribution in [3.8, 4) is 11.5 Å². The van der Waals surface area contributed by atoms with E-state index >= 15 is 0 Å². The molecule has 0 bridgehead atoms. The van der Waals surface area contributed by atoms with Crippen LogP contribution in [0.4, 0.5) is 5.69 Å². The first-order valence-corrected chi connectivity index (χ1v) is 7.97. The van der Waals surface area contributed by atoms with Crippen LogP contribution in [0.15, 0.2) is 18.2 Å². The normalized spacial score (nSPS) is 15.8. The molecule has 126 valence electrons. The molecule has 0 aliphatic carbocycles. The fourth-order valence-electron chi connectivity index (χ4n) is 2.77. The Hall–Kier alpha value is -2.24. The van der Waals surface area contributed by atoms with Crippen LogP contribution in [0, 0.1) is 0 Å². The number of rotatable bonds is 6. The molecule has 1 heterocycles. The van der Waals surface area contributed by atoms with Gasteiger partial charge < -0.3 is 19.5 Å². The zero-order valence-electron chi connectivity index (χ0n) is 13.8. The average molecular weight is 321 g/mol. The molecule has 1 aliphatic heterocycles. The molecule has 2 rings (SSSR count). The zero-order chi connectivity index (χ0) is 17.0. The summed E-state index contributed by atoms with van der Waals surface area (Å²) in [6.45, 7) is 6.06. The van der Waals surface area contributed by atoms with Gasteiger partial charge in [0.2, 0.25) is 0 Å². The number of phenolic OH excluding ortho intramolecular Hbond substituents is 1. The van der Waals surface area contributed by atoms with Crippen LogP contribution in [0.2, 0.25) is 0 Å². The topological polar surface area (TPSA) is 76.1 Å². The van der Waals surface area contributed by atoms with E-state index in [0.717, 1.165) is 0 Å². The second kappa shape index (κ2) is 6.89. The summed E-state index contributed by atoms with van der Waals surface area (Å²) in [5.41, 5.74) is -0.398. The van der Waals surface area contributed by atoms with Crippen LogP contribution in [0.5, 0.6) is 11.5 Å². The molecule has 6 heteroatoms. The third-order valence-electron chi connectivity index (χ3n) is 4.16. The van der Waals surface area contributed by atoms with Gasteiger partial charge in [-0.2, -0.15) is 0 Å². The fraction of sp³-hybridized carbons (Fsp3) is 0.529. The molecule has 0 fully saturated rings. The Labute approximate surface area is 136 Å². The molecule has 1 aromatic rings. The number of phenols is 1. The lowest BCUT2D eigenvalue weighted by atomic mass is 9.92. The number of nitrogens with zero attached hydrogens (tertiary/aromatic N) is 1. The zero-order valence-corrected chi connectivity index (χ0v) is 13.8. The SMILES string of the molecule is CCOC(=O)CCN1C(=O)C(CC)(CC)Oc2cc(O)ccc21. The van der Waals surface area contributed by atoms with E-state index in [4.69, 9.17) is 9.47 Å². The standard InChI is InChI=1S/C17H23NO5/c1-4-17(5-2)16(21)18(10-9-15(20)22-6-3)13-8-7-12(19)11-14(13)23-17/h7-8,11,19H,4-6,9-10H2,1-3H3. The van der Waals surface area contributed by atoms with Gasteiger partial charge >= 0.3 is 5.97 Å². The van der Waals surface area contributed by atoms with Crippen molar-refractivity contribution in [2.75, 3.05) is 18.1 Å². The minimum absolute atomic E-state index is 0.0737. The summed E-state index contributed by atoms with van der Waals surface area (Å²) in [5, 5.41) is 9.69. The number of esters is 1. The maximum atomic E-state index is 12.9. The molecule has 1 aliphatic rings. The molecular weight excluding hydrogens is 298 g/mol. The van der Waals surface area contributed by atoms with E-state index < -0.39 is 5.60 Å². The second-order valence-electron chi connectivity index (χ2n) is 5.47. The number of amides is 1. The maximum Gasteiger partial charge on any atom is 0.307 e. The van der Waals surface area contributed by atoms with E-state index in [1.54, 1.807) is 17.9 Å². The van der Waals surface area contributed by atoms with Crippen LogP contribution in [-0.4, -0.2) is 35.7 Å². The lowest BCUT2D eigenvalue weighted by molar-refractivity contribution is -0.143. The molecule has 1 N–H and O–H groups in total. The van der Waals surface area contributed by atoms with Crippen molar-refractivity contribution < 1.29 is 24.2 Å². The van der Waals surface area contributed by atoms with Gasteiger partial charge in [0.1, 0.15) is 11.5 Å². The number of hydrogen-bond donors (Lipinski definition) is 1. The van der Waals surface area contributed by atoms with Gasteiger partial charge in [0.05, 0.1) is 18.7 Å². The van der Waals surface area contributed by atoms with Crippen molar-refractivity contribution in [2.24, 2.45) is 0 Å².